The summed E-state index contributed by atoms with van der Waals surface area (Å²) in [5.74, 6) is -0.386. The van der Waals surface area contributed by atoms with E-state index in [9.17, 15) is 13.2 Å². The minimum Gasteiger partial charge on any atom is -0.298 e. The zero-order valence-electron chi connectivity index (χ0n) is 17.4. The molecule has 7 nitrogen and oxygen atoms in total. The Labute approximate surface area is 186 Å². The number of sulfonamides is 1. The average molecular weight is 457 g/mol. The first kappa shape index (κ1) is 21.6. The molecule has 0 saturated carbocycles. The third-order valence-electron chi connectivity index (χ3n) is 5.45. The lowest BCUT2D eigenvalue weighted by molar-refractivity contribution is 0.102. The number of benzene rings is 1. The van der Waals surface area contributed by atoms with Crippen LogP contribution in [0, 0.1) is 6.92 Å². The van der Waals surface area contributed by atoms with Gasteiger partial charge in [-0.15, -0.1) is 11.3 Å². The fourth-order valence-corrected chi connectivity index (χ4v) is 6.12. The molecule has 1 N–H and O–H groups in total. The molecule has 1 fully saturated rings. The van der Waals surface area contributed by atoms with Crippen molar-refractivity contribution < 1.29 is 13.2 Å². The number of rotatable bonds is 5. The van der Waals surface area contributed by atoms with Crippen LogP contribution in [-0.2, 0) is 10.0 Å². The van der Waals surface area contributed by atoms with Crippen molar-refractivity contribution in [1.82, 2.24) is 14.3 Å². The second-order valence-electron chi connectivity index (χ2n) is 7.64. The molecule has 3 aromatic rings. The summed E-state index contributed by atoms with van der Waals surface area (Å²) in [7, 11) is -3.66. The standard InChI is InChI=1S/C22H24N4O3S2/c1-15-9-10-17(31(28,29)26-12-6-4-7-16(26)2)13-18(15)21(27)25-22-24-20(14-30-22)19-8-3-5-11-23-19/h3,5,8-11,13-14,16H,4,6-7,12H2,1-2H3,(H,24,25,27). The van der Waals surface area contributed by atoms with E-state index in [4.69, 9.17) is 0 Å². The molecule has 2 aromatic heterocycles. The first-order chi connectivity index (χ1) is 14.9. The number of hydrogen-bond donors (Lipinski definition) is 1. The highest BCUT2D eigenvalue weighted by molar-refractivity contribution is 7.89. The van der Waals surface area contributed by atoms with Crippen LogP contribution in [0.5, 0.6) is 0 Å². The van der Waals surface area contributed by atoms with Crippen LogP contribution in [0.15, 0.2) is 52.9 Å². The summed E-state index contributed by atoms with van der Waals surface area (Å²) in [6.45, 7) is 4.23. The number of pyridine rings is 1. The Bertz CT molecular complexity index is 1190. The number of carbonyl (C=O) groups is 1. The van der Waals surface area contributed by atoms with Crippen LogP contribution in [0.25, 0.3) is 11.4 Å². The molecule has 0 radical (unpaired) electrons. The topological polar surface area (TPSA) is 92.3 Å². The van der Waals surface area contributed by atoms with E-state index in [-0.39, 0.29) is 16.8 Å². The number of aromatic nitrogens is 2. The summed E-state index contributed by atoms with van der Waals surface area (Å²) < 4.78 is 27.9. The highest BCUT2D eigenvalue weighted by atomic mass is 32.2. The van der Waals surface area contributed by atoms with Gasteiger partial charge in [0.25, 0.3) is 5.91 Å². The molecule has 0 spiro atoms. The fraction of sp³-hybridized carbons (Fsp3) is 0.318. The van der Waals surface area contributed by atoms with Crippen molar-refractivity contribution in [2.75, 3.05) is 11.9 Å². The second-order valence-corrected chi connectivity index (χ2v) is 10.4. The van der Waals surface area contributed by atoms with Crippen LogP contribution >= 0.6 is 11.3 Å². The smallest absolute Gasteiger partial charge is 0.257 e. The van der Waals surface area contributed by atoms with Gasteiger partial charge in [-0.1, -0.05) is 18.6 Å². The van der Waals surface area contributed by atoms with Crippen LogP contribution < -0.4 is 5.32 Å². The Morgan fingerprint density at radius 2 is 2.03 bits per heavy atom. The molecular weight excluding hydrogens is 432 g/mol. The number of anilines is 1. The molecule has 1 aliphatic rings. The molecule has 9 heteroatoms. The van der Waals surface area contributed by atoms with E-state index in [0.717, 1.165) is 25.0 Å². The molecule has 1 aliphatic heterocycles. The van der Waals surface area contributed by atoms with Crippen molar-refractivity contribution in [1.29, 1.82) is 0 Å². The Morgan fingerprint density at radius 1 is 1.19 bits per heavy atom. The number of nitrogens with zero attached hydrogens (tertiary/aromatic N) is 3. The quantitative estimate of drug-likeness (QED) is 0.617. The molecular formula is C22H24N4O3S2. The van der Waals surface area contributed by atoms with Crippen molar-refractivity contribution in [2.45, 2.75) is 44.0 Å². The Morgan fingerprint density at radius 3 is 2.77 bits per heavy atom. The van der Waals surface area contributed by atoms with Crippen molar-refractivity contribution in [3.63, 3.8) is 0 Å². The molecule has 31 heavy (non-hydrogen) atoms. The van der Waals surface area contributed by atoms with Gasteiger partial charge in [-0.25, -0.2) is 13.4 Å². The third-order valence-corrected chi connectivity index (χ3v) is 8.22. The highest BCUT2D eigenvalue weighted by Gasteiger charge is 2.31. The lowest BCUT2D eigenvalue weighted by atomic mass is 10.1. The number of thiazole rings is 1. The molecule has 0 bridgehead atoms. The van der Waals surface area contributed by atoms with Gasteiger partial charge in [0.2, 0.25) is 10.0 Å². The van der Waals surface area contributed by atoms with Gasteiger partial charge >= 0.3 is 0 Å². The van der Waals surface area contributed by atoms with E-state index in [1.54, 1.807) is 29.6 Å². The average Bonchev–Trinajstić information content (AvgIpc) is 3.23. The summed E-state index contributed by atoms with van der Waals surface area (Å²) in [6.07, 6.45) is 4.42. The van der Waals surface area contributed by atoms with Crippen molar-refractivity contribution in [3.8, 4) is 11.4 Å². The molecule has 3 heterocycles. The zero-order valence-corrected chi connectivity index (χ0v) is 19.0. The first-order valence-electron chi connectivity index (χ1n) is 10.2. The van der Waals surface area contributed by atoms with Gasteiger partial charge in [-0.05, 0) is 56.5 Å². The number of carbonyl (C=O) groups excluding carboxylic acids is 1. The van der Waals surface area contributed by atoms with E-state index < -0.39 is 10.0 Å². The maximum atomic E-state index is 13.2. The minimum absolute atomic E-state index is 0.0438. The highest BCUT2D eigenvalue weighted by Crippen LogP contribution is 2.28. The van der Waals surface area contributed by atoms with Gasteiger partial charge in [0.1, 0.15) is 5.69 Å². The summed E-state index contributed by atoms with van der Waals surface area (Å²) in [5.41, 5.74) is 2.41. The molecule has 1 unspecified atom stereocenters. The summed E-state index contributed by atoms with van der Waals surface area (Å²) in [6, 6.07) is 10.2. The molecule has 1 saturated heterocycles. The first-order valence-corrected chi connectivity index (χ1v) is 12.5. The summed E-state index contributed by atoms with van der Waals surface area (Å²) in [4.78, 5) is 21.8. The van der Waals surface area contributed by atoms with Crippen molar-refractivity contribution in [2.24, 2.45) is 0 Å². The molecule has 1 atom stereocenters. The van der Waals surface area contributed by atoms with E-state index in [1.165, 1.54) is 17.4 Å². The van der Waals surface area contributed by atoms with Crippen LogP contribution in [0.3, 0.4) is 0 Å². The minimum atomic E-state index is -3.66. The molecule has 1 aromatic carbocycles. The molecule has 162 valence electrons. The maximum Gasteiger partial charge on any atom is 0.257 e. The molecule has 0 aliphatic carbocycles. The predicted octanol–water partition coefficient (Wildman–Crippen LogP) is 4.33. The molecule has 1 amide bonds. The number of amides is 1. The van der Waals surface area contributed by atoms with Crippen LogP contribution in [-0.4, -0.2) is 41.2 Å². The van der Waals surface area contributed by atoms with Crippen molar-refractivity contribution in [3.05, 3.63) is 59.1 Å². The largest absolute Gasteiger partial charge is 0.298 e. The zero-order chi connectivity index (χ0) is 22.0. The second kappa shape index (κ2) is 8.86. The van der Waals surface area contributed by atoms with Gasteiger partial charge < -0.3 is 0 Å². The number of nitrogens with one attached hydrogen (secondary N) is 1. The van der Waals surface area contributed by atoms with E-state index in [1.807, 2.05) is 30.5 Å². The van der Waals surface area contributed by atoms with Crippen molar-refractivity contribution >= 4 is 32.4 Å². The maximum absolute atomic E-state index is 13.2. The fourth-order valence-electron chi connectivity index (χ4n) is 3.70. The SMILES string of the molecule is Cc1ccc(S(=O)(=O)N2CCCCC2C)cc1C(=O)Nc1nc(-c2ccccn2)cs1. The number of aryl methyl sites for hydroxylation is 1. The summed E-state index contributed by atoms with van der Waals surface area (Å²) in [5, 5.41) is 5.04. The number of piperidine rings is 1. The predicted molar refractivity (Wildman–Crippen MR) is 122 cm³/mol. The van der Waals surface area contributed by atoms with Crippen LogP contribution in [0.2, 0.25) is 0 Å². The van der Waals surface area contributed by atoms with E-state index >= 15 is 0 Å². The van der Waals surface area contributed by atoms with Crippen LogP contribution in [0.1, 0.15) is 42.1 Å². The Balaban J connectivity index is 1.57. The van der Waals surface area contributed by atoms with Gasteiger partial charge in [0.15, 0.2) is 5.13 Å². The third kappa shape index (κ3) is 4.53. The van der Waals surface area contributed by atoms with E-state index in [2.05, 4.69) is 15.3 Å². The van der Waals surface area contributed by atoms with Gasteiger partial charge in [-0.3, -0.25) is 15.1 Å². The normalized spacial score (nSPS) is 17.4. The summed E-state index contributed by atoms with van der Waals surface area (Å²) >= 11 is 1.30. The molecule has 4 rings (SSSR count). The lowest BCUT2D eigenvalue weighted by Gasteiger charge is -2.32. The van der Waals surface area contributed by atoms with Gasteiger partial charge in [0.05, 0.1) is 10.6 Å². The van der Waals surface area contributed by atoms with Gasteiger partial charge in [0, 0.05) is 29.7 Å². The lowest BCUT2D eigenvalue weighted by Crippen LogP contribution is -2.42. The monoisotopic (exact) mass is 456 g/mol. The van der Waals surface area contributed by atoms with E-state index in [0.29, 0.717) is 28.5 Å². The Hall–Kier alpha value is -2.62. The number of hydrogen-bond acceptors (Lipinski definition) is 6. The van der Waals surface area contributed by atoms with Crippen LogP contribution in [0.4, 0.5) is 5.13 Å². The van der Waals surface area contributed by atoms with Gasteiger partial charge in [-0.2, -0.15) is 4.31 Å². The Kier molecular flexibility index (Phi) is 6.17.